The Morgan fingerprint density at radius 1 is 0.374 bits per heavy atom. The van der Waals surface area contributed by atoms with Crippen LogP contribution in [0.5, 0.6) is 0 Å². The highest BCUT2D eigenvalue weighted by molar-refractivity contribution is 5.76. The molecule has 17 atom stereocenters. The first kappa shape index (κ1) is 89.1. The molecule has 3 fully saturated rings. The van der Waals surface area contributed by atoms with Crippen LogP contribution in [-0.4, -0.2) is 193 Å². The van der Waals surface area contributed by atoms with Crippen molar-refractivity contribution in [3.8, 4) is 0 Å². The van der Waals surface area contributed by atoms with Crippen molar-refractivity contribution < 1.29 is 89.4 Å². The molecule has 0 aromatic carbocycles. The number of aliphatic hydroxyl groups is 11. The molecular weight excluding hydrogens is 1260 g/mol. The first-order valence-electron chi connectivity index (χ1n) is 37.9. The fourth-order valence-electron chi connectivity index (χ4n) is 11.8. The van der Waals surface area contributed by atoms with E-state index in [2.05, 4.69) is 141 Å². The summed E-state index contributed by atoms with van der Waals surface area (Å²) in [5.74, 6) is -0.296. The maximum absolute atomic E-state index is 13.4. The number of amides is 1. The van der Waals surface area contributed by atoms with Gasteiger partial charge < -0.3 is 89.9 Å². The Labute approximate surface area is 594 Å². The normalized spacial score (nSPS) is 27.4. The van der Waals surface area contributed by atoms with Crippen molar-refractivity contribution >= 4 is 5.91 Å². The van der Waals surface area contributed by atoms with Gasteiger partial charge in [-0.1, -0.05) is 250 Å². The van der Waals surface area contributed by atoms with Crippen molar-refractivity contribution in [3.63, 3.8) is 0 Å². The van der Waals surface area contributed by atoms with Gasteiger partial charge in [0, 0.05) is 6.42 Å². The predicted octanol–water partition coefficient (Wildman–Crippen LogP) is 11.7. The molecular formula is C80H133NO18. The van der Waals surface area contributed by atoms with Crippen LogP contribution in [0.4, 0.5) is 0 Å². The van der Waals surface area contributed by atoms with Crippen LogP contribution in [0.15, 0.2) is 134 Å². The fourth-order valence-corrected chi connectivity index (χ4v) is 11.8. The third-order valence-electron chi connectivity index (χ3n) is 17.9. The number of hydrogen-bond acceptors (Lipinski definition) is 18. The highest BCUT2D eigenvalue weighted by Gasteiger charge is 2.53. The van der Waals surface area contributed by atoms with E-state index in [9.17, 15) is 61.0 Å². The van der Waals surface area contributed by atoms with Crippen LogP contribution in [0.2, 0.25) is 0 Å². The summed E-state index contributed by atoms with van der Waals surface area (Å²) in [4.78, 5) is 13.4. The lowest BCUT2D eigenvalue weighted by Gasteiger charge is -2.48. The van der Waals surface area contributed by atoms with Gasteiger partial charge in [-0.2, -0.15) is 0 Å². The maximum atomic E-state index is 13.4. The molecule has 3 heterocycles. The van der Waals surface area contributed by atoms with Crippen LogP contribution in [0.25, 0.3) is 0 Å². The second kappa shape index (κ2) is 59.3. The van der Waals surface area contributed by atoms with Crippen molar-refractivity contribution in [1.29, 1.82) is 0 Å². The zero-order valence-corrected chi connectivity index (χ0v) is 60.2. The van der Waals surface area contributed by atoms with E-state index in [1.807, 2.05) is 6.08 Å². The summed E-state index contributed by atoms with van der Waals surface area (Å²) in [7, 11) is 0. The van der Waals surface area contributed by atoms with Gasteiger partial charge in [0.25, 0.3) is 0 Å². The number of ether oxygens (including phenoxy) is 6. The molecule has 19 nitrogen and oxygen atoms in total. The summed E-state index contributed by atoms with van der Waals surface area (Å²) in [6, 6.07) is -1.00. The average Bonchev–Trinajstić information content (AvgIpc) is 0.784. The summed E-state index contributed by atoms with van der Waals surface area (Å²) >= 11 is 0. The minimum Gasteiger partial charge on any atom is -0.394 e. The number of carbonyl (C=O) groups excluding carboxylic acids is 1. The first-order chi connectivity index (χ1) is 48.3. The summed E-state index contributed by atoms with van der Waals surface area (Å²) in [5, 5.41) is 121. The van der Waals surface area contributed by atoms with Crippen molar-refractivity contribution in [1.82, 2.24) is 5.32 Å². The summed E-state index contributed by atoms with van der Waals surface area (Å²) in [6.07, 6.45) is 57.3. The third kappa shape index (κ3) is 40.0. The molecule has 0 bridgehead atoms. The van der Waals surface area contributed by atoms with E-state index in [1.165, 1.54) is 89.9 Å². The molecule has 0 saturated carbocycles. The van der Waals surface area contributed by atoms with Crippen molar-refractivity contribution in [2.45, 2.75) is 336 Å². The summed E-state index contributed by atoms with van der Waals surface area (Å²) < 4.78 is 34.3. The van der Waals surface area contributed by atoms with E-state index < -0.39 is 124 Å². The van der Waals surface area contributed by atoms with Gasteiger partial charge in [-0.15, -0.1) is 0 Å². The second-order valence-electron chi connectivity index (χ2n) is 26.4. The molecule has 3 rings (SSSR count). The van der Waals surface area contributed by atoms with Gasteiger partial charge in [0.15, 0.2) is 18.9 Å². The molecule has 0 aromatic heterocycles. The number of aliphatic hydroxyl groups excluding tert-OH is 11. The summed E-state index contributed by atoms with van der Waals surface area (Å²) in [6.45, 7) is 1.56. The minimum atomic E-state index is -1.99. The van der Waals surface area contributed by atoms with Crippen molar-refractivity contribution in [2.24, 2.45) is 0 Å². The molecule has 3 saturated heterocycles. The molecule has 0 radical (unpaired) electrons. The minimum absolute atomic E-state index is 0.224. The highest BCUT2D eigenvalue weighted by Crippen LogP contribution is 2.33. The van der Waals surface area contributed by atoms with Gasteiger partial charge >= 0.3 is 0 Å². The van der Waals surface area contributed by atoms with Gasteiger partial charge in [0.2, 0.25) is 5.91 Å². The SMILES string of the molecule is CC/C=C\C/C=C\C/C=C\C/C=C\C/C=C\C/C=C\C/C=C\C/C=C\CCCCCCCCCCCCCCCCC(=O)NC(COC1OC(CO)C(OC2OC(CO)C(OC3OC(CO)C(O)C(O)C3O)C(O)C2O)C(O)C1O)C(O)/C=C/CC/C=C/CC/C=C/CCCCCCC. The van der Waals surface area contributed by atoms with Crippen LogP contribution >= 0.6 is 0 Å². The monoisotopic (exact) mass is 1400 g/mol. The molecule has 0 aromatic rings. The lowest BCUT2D eigenvalue weighted by Crippen LogP contribution is -2.66. The Morgan fingerprint density at radius 3 is 1.13 bits per heavy atom. The first-order valence-corrected chi connectivity index (χ1v) is 37.9. The van der Waals surface area contributed by atoms with Gasteiger partial charge in [0.05, 0.1) is 38.6 Å². The van der Waals surface area contributed by atoms with E-state index in [0.29, 0.717) is 12.8 Å². The van der Waals surface area contributed by atoms with Crippen LogP contribution in [0.3, 0.4) is 0 Å². The third-order valence-corrected chi connectivity index (χ3v) is 17.9. The molecule has 99 heavy (non-hydrogen) atoms. The van der Waals surface area contributed by atoms with Gasteiger partial charge in [-0.3, -0.25) is 4.79 Å². The second-order valence-corrected chi connectivity index (χ2v) is 26.4. The smallest absolute Gasteiger partial charge is 0.220 e. The number of carbonyl (C=O) groups is 1. The predicted molar refractivity (Wildman–Crippen MR) is 392 cm³/mol. The van der Waals surface area contributed by atoms with E-state index in [1.54, 1.807) is 6.08 Å². The number of nitrogens with one attached hydrogen (secondary N) is 1. The van der Waals surface area contributed by atoms with Gasteiger partial charge in [-0.05, 0) is 109 Å². The lowest BCUT2D eigenvalue weighted by molar-refractivity contribution is -0.379. The van der Waals surface area contributed by atoms with E-state index in [0.717, 1.165) is 109 Å². The van der Waals surface area contributed by atoms with E-state index in [4.69, 9.17) is 28.4 Å². The molecule has 12 N–H and O–H groups in total. The number of allylic oxidation sites excluding steroid dienone is 21. The quantitative estimate of drug-likeness (QED) is 0.0199. The molecule has 19 heteroatoms. The zero-order valence-electron chi connectivity index (χ0n) is 60.2. The highest BCUT2D eigenvalue weighted by atomic mass is 16.8. The zero-order chi connectivity index (χ0) is 71.8. The number of rotatable bonds is 57. The standard InChI is InChI=1S/C80H133NO18/c1-3-5-7-9-11-13-15-17-19-20-21-22-23-24-25-26-27-28-29-30-31-32-33-34-35-36-37-38-39-40-41-42-44-46-48-50-52-54-56-58-68(86)81-63(64(85)57-55-53-51-49-47-45-43-18-16-14-12-10-8-6-4-2)62-94-78-74(92)71(89)76(66(60-83)96-78)99-80-75(93)72(90)77(67(61-84)97-80)98-79-73(91)70(88)69(87)65(59-82)95-79/h5,7,11,13,16-19,21-22,24-25,27-28,30-31,33-34,47,49,55,57,63-67,69-80,82-85,87-93H,3-4,6,8-10,12,14-15,20,23,26,29,32,35-46,48,50-54,56,58-62H2,1-2H3,(H,81,86)/b7-5-,13-11-,18-16+,19-17-,22-21-,25-24-,28-27-,31-30-,34-33-,49-47+,57-55+. The molecule has 0 aliphatic carbocycles. The van der Waals surface area contributed by atoms with E-state index in [-0.39, 0.29) is 18.9 Å². The van der Waals surface area contributed by atoms with Crippen LogP contribution in [0, 0.1) is 0 Å². The molecule has 0 spiro atoms. The van der Waals surface area contributed by atoms with E-state index >= 15 is 0 Å². The van der Waals surface area contributed by atoms with Crippen molar-refractivity contribution in [2.75, 3.05) is 26.4 Å². The Kier molecular flexibility index (Phi) is 53.4. The lowest BCUT2D eigenvalue weighted by atomic mass is 9.96. The molecule has 3 aliphatic rings. The van der Waals surface area contributed by atoms with Gasteiger partial charge in [-0.25, -0.2) is 0 Å². The van der Waals surface area contributed by atoms with Crippen LogP contribution in [0.1, 0.15) is 232 Å². The average molecular weight is 1400 g/mol. The molecule has 17 unspecified atom stereocenters. The molecule has 566 valence electrons. The fraction of sp³-hybridized carbons (Fsp3) is 0.713. The Hall–Kier alpha value is -4.07. The topological polar surface area (TPSA) is 307 Å². The van der Waals surface area contributed by atoms with Crippen LogP contribution < -0.4 is 5.32 Å². The largest absolute Gasteiger partial charge is 0.394 e. The maximum Gasteiger partial charge on any atom is 0.220 e. The Morgan fingerprint density at radius 2 is 0.707 bits per heavy atom. The number of unbranched alkanes of at least 4 members (excludes halogenated alkanes) is 21. The molecule has 3 aliphatic heterocycles. The van der Waals surface area contributed by atoms with Gasteiger partial charge in [0.1, 0.15) is 73.2 Å². The summed E-state index contributed by atoms with van der Waals surface area (Å²) in [5.41, 5.74) is 0. The Balaban J connectivity index is 1.34. The Bertz CT molecular complexity index is 2310. The number of hydrogen-bond donors (Lipinski definition) is 12. The van der Waals surface area contributed by atoms with Crippen molar-refractivity contribution in [3.05, 3.63) is 134 Å². The molecule has 1 amide bonds. The van der Waals surface area contributed by atoms with Crippen LogP contribution in [-0.2, 0) is 33.2 Å².